The highest BCUT2D eigenvalue weighted by Crippen LogP contribution is 2.30. The van der Waals surface area contributed by atoms with Crippen molar-refractivity contribution in [3.8, 4) is 0 Å². The molecule has 0 aromatic heterocycles. The molecule has 0 saturated carbocycles. The van der Waals surface area contributed by atoms with Crippen molar-refractivity contribution in [1.82, 2.24) is 0 Å². The van der Waals surface area contributed by atoms with E-state index in [1.54, 1.807) is 0 Å². The summed E-state index contributed by atoms with van der Waals surface area (Å²) >= 11 is 1.95. The average molecular weight is 262 g/mol. The molecule has 2 rings (SSSR count). The molecule has 0 spiro atoms. The van der Waals surface area contributed by atoms with Gasteiger partial charge in [0.05, 0.1) is 6.10 Å². The fraction of sp³-hybridized carbons (Fsp3) is 0.500. The van der Waals surface area contributed by atoms with Crippen molar-refractivity contribution in [1.29, 1.82) is 0 Å². The lowest BCUT2D eigenvalue weighted by Gasteiger charge is -2.26. The normalized spacial score (nSPS) is 23.8. The summed E-state index contributed by atoms with van der Waals surface area (Å²) < 4.78 is 5.51. The number of hydrogen-bond donors (Lipinski definition) is 0. The maximum Gasteiger partial charge on any atom is 0.0614 e. The zero-order chi connectivity index (χ0) is 13.0. The lowest BCUT2D eigenvalue weighted by molar-refractivity contribution is 0.0829. The third-order valence-electron chi connectivity index (χ3n) is 3.45. The van der Waals surface area contributed by atoms with Gasteiger partial charge < -0.3 is 4.74 Å². The molecule has 98 valence electrons. The minimum atomic E-state index is 0.415. The Hall–Kier alpha value is -0.730. The highest BCUT2D eigenvalue weighted by Gasteiger charge is 2.20. The van der Waals surface area contributed by atoms with Crippen LogP contribution in [0.5, 0.6) is 0 Å². The lowest BCUT2D eigenvalue weighted by atomic mass is 9.90. The third kappa shape index (κ3) is 3.89. The second-order valence-electron chi connectivity index (χ2n) is 5.19. The number of methoxy groups -OCH3 is 1. The quantitative estimate of drug-likeness (QED) is 0.585. The number of aryl methyl sites for hydroxylation is 1. The first kappa shape index (κ1) is 13.7. The van der Waals surface area contributed by atoms with Crippen molar-refractivity contribution in [2.24, 2.45) is 5.92 Å². The van der Waals surface area contributed by atoms with Gasteiger partial charge in [-0.3, -0.25) is 0 Å². The Bertz CT molecular complexity index is 408. The van der Waals surface area contributed by atoms with E-state index in [0.29, 0.717) is 12.0 Å². The van der Waals surface area contributed by atoms with Crippen LogP contribution < -0.4 is 0 Å². The van der Waals surface area contributed by atoms with E-state index in [-0.39, 0.29) is 0 Å². The Morgan fingerprint density at radius 3 is 2.61 bits per heavy atom. The minimum absolute atomic E-state index is 0.415. The van der Waals surface area contributed by atoms with Crippen LogP contribution in [0.1, 0.15) is 25.3 Å². The Morgan fingerprint density at radius 2 is 1.94 bits per heavy atom. The average Bonchev–Trinajstić information content (AvgIpc) is 2.37. The van der Waals surface area contributed by atoms with E-state index in [4.69, 9.17) is 4.74 Å². The minimum Gasteiger partial charge on any atom is -0.381 e. The van der Waals surface area contributed by atoms with E-state index >= 15 is 0 Å². The van der Waals surface area contributed by atoms with Gasteiger partial charge in [-0.25, -0.2) is 0 Å². The molecule has 1 nitrogen and oxygen atoms in total. The molecule has 0 aliphatic heterocycles. The van der Waals surface area contributed by atoms with E-state index in [2.05, 4.69) is 44.2 Å². The Balaban J connectivity index is 1.90. The van der Waals surface area contributed by atoms with Gasteiger partial charge in [-0.2, -0.15) is 0 Å². The number of ether oxygens (including phenoxy) is 1. The molecule has 1 aliphatic rings. The van der Waals surface area contributed by atoms with Crippen LogP contribution >= 0.6 is 11.8 Å². The van der Waals surface area contributed by atoms with Crippen LogP contribution in [0.25, 0.3) is 0 Å². The molecule has 0 amide bonds. The number of rotatable bonds is 4. The van der Waals surface area contributed by atoms with Gasteiger partial charge in [0.15, 0.2) is 0 Å². The largest absolute Gasteiger partial charge is 0.381 e. The predicted octanol–water partition coefficient (Wildman–Crippen LogP) is 4.46. The molecular weight excluding hydrogens is 240 g/mol. The molecule has 2 heteroatoms. The summed E-state index contributed by atoms with van der Waals surface area (Å²) in [7, 11) is 1.83. The molecule has 0 N–H and O–H groups in total. The SMILES string of the molecule is CO[C@H]1CC(C)=C[C@@H](CSc2ccc(C)cc2)C1. The van der Waals surface area contributed by atoms with Crippen LogP contribution in [0.2, 0.25) is 0 Å². The molecular formula is C16H22OS. The molecule has 0 unspecified atom stereocenters. The summed E-state index contributed by atoms with van der Waals surface area (Å²) in [5.74, 6) is 1.80. The van der Waals surface area contributed by atoms with Crippen molar-refractivity contribution >= 4 is 11.8 Å². The molecule has 2 atom stereocenters. The third-order valence-corrected chi connectivity index (χ3v) is 4.65. The summed E-state index contributed by atoms with van der Waals surface area (Å²) in [6.07, 6.45) is 5.10. The predicted molar refractivity (Wildman–Crippen MR) is 79.2 cm³/mol. The van der Waals surface area contributed by atoms with Crippen LogP contribution in [0.4, 0.5) is 0 Å². The second-order valence-corrected chi connectivity index (χ2v) is 6.29. The first-order valence-electron chi connectivity index (χ1n) is 6.57. The number of allylic oxidation sites excluding steroid dienone is 1. The van der Waals surface area contributed by atoms with Crippen LogP contribution in [-0.2, 0) is 4.74 Å². The van der Waals surface area contributed by atoms with Gasteiger partial charge in [-0.1, -0.05) is 29.3 Å². The Labute approximate surface area is 115 Å². The maximum atomic E-state index is 5.51. The van der Waals surface area contributed by atoms with E-state index in [1.165, 1.54) is 16.0 Å². The fourth-order valence-electron chi connectivity index (χ4n) is 2.45. The van der Waals surface area contributed by atoms with Gasteiger partial charge in [0.1, 0.15) is 0 Å². The van der Waals surface area contributed by atoms with Crippen LogP contribution in [0, 0.1) is 12.8 Å². The van der Waals surface area contributed by atoms with Crippen molar-refractivity contribution < 1.29 is 4.74 Å². The topological polar surface area (TPSA) is 9.23 Å². The summed E-state index contributed by atoms with van der Waals surface area (Å²) in [6, 6.07) is 8.80. The van der Waals surface area contributed by atoms with Gasteiger partial charge in [0.25, 0.3) is 0 Å². The van der Waals surface area contributed by atoms with Gasteiger partial charge >= 0.3 is 0 Å². The first-order valence-corrected chi connectivity index (χ1v) is 7.55. The van der Waals surface area contributed by atoms with Gasteiger partial charge in [-0.05, 0) is 44.7 Å². The molecule has 0 bridgehead atoms. The number of hydrogen-bond acceptors (Lipinski definition) is 2. The monoisotopic (exact) mass is 262 g/mol. The van der Waals surface area contributed by atoms with Crippen molar-refractivity contribution in [3.63, 3.8) is 0 Å². The zero-order valence-corrected chi connectivity index (χ0v) is 12.3. The van der Waals surface area contributed by atoms with Crippen molar-refractivity contribution in [2.45, 2.75) is 37.7 Å². The fourth-order valence-corrected chi connectivity index (χ4v) is 3.42. The summed E-state index contributed by atoms with van der Waals surface area (Å²) in [4.78, 5) is 1.37. The molecule has 1 aromatic carbocycles. The highest BCUT2D eigenvalue weighted by atomic mass is 32.2. The molecule has 1 aliphatic carbocycles. The van der Waals surface area contributed by atoms with Crippen molar-refractivity contribution in [2.75, 3.05) is 12.9 Å². The molecule has 0 saturated heterocycles. The summed E-state index contributed by atoms with van der Waals surface area (Å²) in [5, 5.41) is 0. The van der Waals surface area contributed by atoms with E-state index in [9.17, 15) is 0 Å². The lowest BCUT2D eigenvalue weighted by Crippen LogP contribution is -2.21. The smallest absolute Gasteiger partial charge is 0.0614 e. The standard InChI is InChI=1S/C16H22OS/c1-12-4-6-16(7-5-12)18-11-14-8-13(2)9-15(10-14)17-3/h4-8,14-15H,9-11H2,1-3H3/t14-,15+/m1/s1. The van der Waals surface area contributed by atoms with Gasteiger partial charge in [0, 0.05) is 17.8 Å². The molecule has 1 aromatic rings. The van der Waals surface area contributed by atoms with E-state index < -0.39 is 0 Å². The summed E-state index contributed by atoms with van der Waals surface area (Å²) in [6.45, 7) is 4.35. The van der Waals surface area contributed by atoms with Gasteiger partial charge in [-0.15, -0.1) is 11.8 Å². The second kappa shape index (κ2) is 6.44. The number of benzene rings is 1. The van der Waals surface area contributed by atoms with Crippen LogP contribution in [0.15, 0.2) is 40.8 Å². The zero-order valence-electron chi connectivity index (χ0n) is 11.5. The van der Waals surface area contributed by atoms with E-state index in [1.807, 2.05) is 18.9 Å². The van der Waals surface area contributed by atoms with Crippen LogP contribution in [0.3, 0.4) is 0 Å². The summed E-state index contributed by atoms with van der Waals surface area (Å²) in [5.41, 5.74) is 2.80. The molecule has 0 heterocycles. The Morgan fingerprint density at radius 1 is 1.22 bits per heavy atom. The molecule has 18 heavy (non-hydrogen) atoms. The van der Waals surface area contributed by atoms with Gasteiger partial charge in [0.2, 0.25) is 0 Å². The Kier molecular flexibility index (Phi) is 4.90. The maximum absolute atomic E-state index is 5.51. The number of thioether (sulfide) groups is 1. The molecule has 0 radical (unpaired) electrons. The molecule has 0 fully saturated rings. The van der Waals surface area contributed by atoms with Crippen molar-refractivity contribution in [3.05, 3.63) is 41.5 Å². The van der Waals surface area contributed by atoms with Crippen LogP contribution in [-0.4, -0.2) is 19.0 Å². The first-order chi connectivity index (χ1) is 8.67. The van der Waals surface area contributed by atoms with E-state index in [0.717, 1.165) is 18.6 Å². The highest BCUT2D eigenvalue weighted by molar-refractivity contribution is 7.99.